The Morgan fingerprint density at radius 3 is 2.39 bits per heavy atom. The molecule has 0 saturated heterocycles. The van der Waals surface area contributed by atoms with Gasteiger partial charge in [0.25, 0.3) is 0 Å². The topological polar surface area (TPSA) is 61.4 Å². The number of hydrogen-bond donors (Lipinski definition) is 2. The number of rotatable bonds is 6. The number of nitrogens with zero attached hydrogens (tertiary/aromatic N) is 1. The number of benzene rings is 3. The van der Waals surface area contributed by atoms with Crippen LogP contribution in [0, 0.1) is 0 Å². The largest absolute Gasteiger partial charge is 0.325 e. The number of carbonyl (C=O) groups is 2. The van der Waals surface area contributed by atoms with Crippen LogP contribution >= 0.6 is 11.6 Å². The van der Waals surface area contributed by atoms with E-state index < -0.39 is 6.04 Å². The van der Waals surface area contributed by atoms with Gasteiger partial charge in [-0.3, -0.25) is 14.5 Å². The van der Waals surface area contributed by atoms with E-state index >= 15 is 0 Å². The summed E-state index contributed by atoms with van der Waals surface area (Å²) in [5, 5.41) is 8.41. The fraction of sp³-hybridized carbons (Fsp3) is 0.182. The fourth-order valence-corrected chi connectivity index (χ4v) is 2.99. The van der Waals surface area contributed by atoms with Gasteiger partial charge in [0.2, 0.25) is 11.8 Å². The van der Waals surface area contributed by atoms with Crippen molar-refractivity contribution >= 4 is 45.6 Å². The van der Waals surface area contributed by atoms with Gasteiger partial charge in [-0.05, 0) is 49.7 Å². The van der Waals surface area contributed by atoms with Gasteiger partial charge in [-0.15, -0.1) is 0 Å². The molecule has 0 spiro atoms. The van der Waals surface area contributed by atoms with Crippen molar-refractivity contribution in [1.29, 1.82) is 0 Å². The van der Waals surface area contributed by atoms with Gasteiger partial charge in [-0.2, -0.15) is 0 Å². The Balaban J connectivity index is 1.59. The van der Waals surface area contributed by atoms with Gasteiger partial charge in [0.15, 0.2) is 0 Å². The molecule has 0 aromatic heterocycles. The molecule has 6 heteroatoms. The summed E-state index contributed by atoms with van der Waals surface area (Å²) in [6, 6.07) is 20.1. The van der Waals surface area contributed by atoms with Crippen LogP contribution in [0.15, 0.2) is 66.7 Å². The van der Waals surface area contributed by atoms with Crippen molar-refractivity contribution < 1.29 is 9.59 Å². The van der Waals surface area contributed by atoms with Crippen molar-refractivity contribution in [3.63, 3.8) is 0 Å². The Morgan fingerprint density at radius 2 is 1.64 bits per heavy atom. The number of fused-ring (bicyclic) bond motifs is 1. The molecule has 0 heterocycles. The minimum absolute atomic E-state index is 0.0957. The molecule has 28 heavy (non-hydrogen) atoms. The zero-order valence-corrected chi connectivity index (χ0v) is 16.5. The van der Waals surface area contributed by atoms with Gasteiger partial charge < -0.3 is 10.6 Å². The van der Waals surface area contributed by atoms with Crippen molar-refractivity contribution in [3.8, 4) is 0 Å². The van der Waals surface area contributed by atoms with E-state index in [0.29, 0.717) is 10.7 Å². The minimum atomic E-state index is -0.478. The summed E-state index contributed by atoms with van der Waals surface area (Å²) in [6.45, 7) is 1.86. The molecular formula is C22H22ClN3O2. The molecule has 0 unspecified atom stereocenters. The first-order chi connectivity index (χ1) is 13.4. The fourth-order valence-electron chi connectivity index (χ4n) is 2.87. The first-order valence-corrected chi connectivity index (χ1v) is 9.36. The van der Waals surface area contributed by atoms with E-state index in [1.54, 1.807) is 43.1 Å². The second-order valence-electron chi connectivity index (χ2n) is 6.66. The van der Waals surface area contributed by atoms with Crippen molar-refractivity contribution in [2.45, 2.75) is 13.0 Å². The lowest BCUT2D eigenvalue weighted by Crippen LogP contribution is -2.43. The van der Waals surface area contributed by atoms with Crippen LogP contribution in [0.5, 0.6) is 0 Å². The van der Waals surface area contributed by atoms with Crippen molar-refractivity contribution in [1.82, 2.24) is 4.90 Å². The lowest BCUT2D eigenvalue weighted by molar-refractivity contribution is -0.122. The molecule has 1 atom stereocenters. The highest BCUT2D eigenvalue weighted by Gasteiger charge is 2.20. The van der Waals surface area contributed by atoms with Gasteiger partial charge in [-0.25, -0.2) is 0 Å². The van der Waals surface area contributed by atoms with E-state index in [1.807, 2.05) is 42.5 Å². The van der Waals surface area contributed by atoms with Crippen LogP contribution in [0.4, 0.5) is 11.4 Å². The zero-order chi connectivity index (χ0) is 20.1. The van der Waals surface area contributed by atoms with E-state index in [1.165, 1.54) is 0 Å². The van der Waals surface area contributed by atoms with Crippen LogP contribution in [0.25, 0.3) is 10.8 Å². The van der Waals surface area contributed by atoms with Gasteiger partial charge >= 0.3 is 0 Å². The highest BCUT2D eigenvalue weighted by Crippen LogP contribution is 2.23. The molecule has 0 aliphatic carbocycles. The van der Waals surface area contributed by atoms with Gasteiger partial charge in [-0.1, -0.05) is 48.0 Å². The first-order valence-electron chi connectivity index (χ1n) is 8.98. The normalized spacial score (nSPS) is 12.0. The molecule has 0 aliphatic rings. The molecular weight excluding hydrogens is 374 g/mol. The maximum absolute atomic E-state index is 12.5. The SMILES string of the molecule is C[C@@H](C(=O)Nc1ccc(Cl)cc1)N(C)CC(=O)Nc1cccc2ccccc12. The lowest BCUT2D eigenvalue weighted by atomic mass is 10.1. The molecule has 2 N–H and O–H groups in total. The van der Waals surface area contributed by atoms with E-state index in [2.05, 4.69) is 10.6 Å². The van der Waals surface area contributed by atoms with E-state index in [0.717, 1.165) is 16.5 Å². The third-order valence-corrected chi connectivity index (χ3v) is 4.86. The number of amides is 2. The number of halogens is 1. The van der Waals surface area contributed by atoms with Crippen molar-refractivity contribution in [2.75, 3.05) is 24.2 Å². The highest BCUT2D eigenvalue weighted by atomic mass is 35.5. The molecule has 0 saturated carbocycles. The van der Waals surface area contributed by atoms with Crippen LogP contribution in [0.2, 0.25) is 5.02 Å². The van der Waals surface area contributed by atoms with Crippen LogP contribution in [-0.4, -0.2) is 36.3 Å². The van der Waals surface area contributed by atoms with E-state index in [9.17, 15) is 9.59 Å². The summed E-state index contributed by atoms with van der Waals surface area (Å²) in [5.41, 5.74) is 1.42. The molecule has 3 aromatic rings. The predicted molar refractivity (Wildman–Crippen MR) is 115 cm³/mol. The number of hydrogen-bond acceptors (Lipinski definition) is 3. The van der Waals surface area contributed by atoms with E-state index in [-0.39, 0.29) is 18.4 Å². The van der Waals surface area contributed by atoms with Gasteiger partial charge in [0.1, 0.15) is 0 Å². The Hall–Kier alpha value is -2.89. The standard InChI is InChI=1S/C22H22ClN3O2/c1-15(22(28)24-18-12-10-17(23)11-13-18)26(2)14-21(27)25-20-9-5-7-16-6-3-4-8-19(16)20/h3-13,15H,14H2,1-2H3,(H,24,28)(H,25,27)/t15-/m0/s1. The molecule has 2 amide bonds. The monoisotopic (exact) mass is 395 g/mol. The van der Waals surface area contributed by atoms with Gasteiger partial charge in [0.05, 0.1) is 12.6 Å². The third kappa shape index (κ3) is 4.88. The van der Waals surface area contributed by atoms with Gasteiger partial charge in [0, 0.05) is 21.8 Å². The quantitative estimate of drug-likeness (QED) is 0.650. The summed E-state index contributed by atoms with van der Waals surface area (Å²) in [5.74, 6) is -0.368. The maximum atomic E-state index is 12.5. The van der Waals surface area contributed by atoms with Crippen molar-refractivity contribution in [3.05, 3.63) is 71.8 Å². The summed E-state index contributed by atoms with van der Waals surface area (Å²) in [7, 11) is 1.74. The lowest BCUT2D eigenvalue weighted by Gasteiger charge is -2.23. The summed E-state index contributed by atoms with van der Waals surface area (Å²) >= 11 is 5.86. The maximum Gasteiger partial charge on any atom is 0.241 e. The first kappa shape index (κ1) is 19.9. The van der Waals surface area contributed by atoms with Crippen LogP contribution in [-0.2, 0) is 9.59 Å². The Bertz CT molecular complexity index is 983. The predicted octanol–water partition coefficient (Wildman–Crippen LogP) is 4.39. The summed E-state index contributed by atoms with van der Waals surface area (Å²) < 4.78 is 0. The summed E-state index contributed by atoms with van der Waals surface area (Å²) in [4.78, 5) is 26.6. The molecule has 0 bridgehead atoms. The Kier molecular flexibility index (Phi) is 6.29. The van der Waals surface area contributed by atoms with Crippen molar-refractivity contribution in [2.24, 2.45) is 0 Å². The highest BCUT2D eigenvalue weighted by molar-refractivity contribution is 6.30. The molecule has 0 aliphatic heterocycles. The molecule has 144 valence electrons. The van der Waals surface area contributed by atoms with Crippen LogP contribution < -0.4 is 10.6 Å². The average molecular weight is 396 g/mol. The second kappa shape index (κ2) is 8.87. The molecule has 0 fully saturated rings. The smallest absolute Gasteiger partial charge is 0.241 e. The Labute approximate surface area is 169 Å². The third-order valence-electron chi connectivity index (χ3n) is 4.61. The average Bonchev–Trinajstić information content (AvgIpc) is 2.69. The van der Waals surface area contributed by atoms with Crippen LogP contribution in [0.3, 0.4) is 0 Å². The van der Waals surface area contributed by atoms with Crippen LogP contribution in [0.1, 0.15) is 6.92 Å². The number of anilines is 2. The van der Waals surface area contributed by atoms with E-state index in [4.69, 9.17) is 11.6 Å². The minimum Gasteiger partial charge on any atom is -0.325 e. The summed E-state index contributed by atoms with van der Waals surface area (Å²) in [6.07, 6.45) is 0. The zero-order valence-electron chi connectivity index (χ0n) is 15.8. The number of nitrogens with one attached hydrogen (secondary N) is 2. The molecule has 5 nitrogen and oxygen atoms in total. The molecule has 3 rings (SSSR count). The Morgan fingerprint density at radius 1 is 0.964 bits per heavy atom. The number of likely N-dealkylation sites (N-methyl/N-ethyl adjacent to an activating group) is 1. The molecule has 0 radical (unpaired) electrons. The number of carbonyl (C=O) groups excluding carboxylic acids is 2. The molecule has 3 aromatic carbocycles. The second-order valence-corrected chi connectivity index (χ2v) is 7.10.